The Morgan fingerprint density at radius 2 is 2.28 bits per heavy atom. The Bertz CT molecular complexity index is 411. The molecule has 0 spiro atoms. The summed E-state index contributed by atoms with van der Waals surface area (Å²) in [5, 5.41) is 4.43. The highest BCUT2D eigenvalue weighted by Gasteiger charge is 2.24. The second-order valence-corrected chi connectivity index (χ2v) is 6.35. The van der Waals surface area contributed by atoms with Gasteiger partial charge in [0.05, 0.1) is 0 Å². The van der Waals surface area contributed by atoms with Crippen LogP contribution in [-0.4, -0.2) is 30.1 Å². The summed E-state index contributed by atoms with van der Waals surface area (Å²) >= 11 is 9.74. The van der Waals surface area contributed by atoms with Crippen LogP contribution in [0.4, 0.5) is 0 Å². The van der Waals surface area contributed by atoms with Crippen molar-refractivity contribution >= 4 is 27.5 Å². The Morgan fingerprint density at radius 3 is 2.94 bits per heavy atom. The molecular weight excluding hydrogens is 312 g/mol. The first-order chi connectivity index (χ1) is 8.60. The van der Waals surface area contributed by atoms with Crippen molar-refractivity contribution in [2.24, 2.45) is 0 Å². The maximum atomic E-state index is 6.29. The van der Waals surface area contributed by atoms with Crippen molar-refractivity contribution in [2.45, 2.75) is 38.9 Å². The van der Waals surface area contributed by atoms with Crippen LogP contribution in [0, 0.1) is 0 Å². The molecule has 1 aromatic rings. The molecule has 0 radical (unpaired) electrons. The molecular formula is C14H20BrClN2. The number of piperazine rings is 1. The van der Waals surface area contributed by atoms with E-state index in [1.165, 1.54) is 12.0 Å². The molecule has 4 heteroatoms. The Labute approximate surface area is 123 Å². The van der Waals surface area contributed by atoms with Crippen LogP contribution < -0.4 is 5.32 Å². The fourth-order valence-electron chi connectivity index (χ4n) is 2.36. The fraction of sp³-hybridized carbons (Fsp3) is 0.571. The van der Waals surface area contributed by atoms with E-state index >= 15 is 0 Å². The molecule has 1 N–H and O–H groups in total. The molecule has 2 nitrogen and oxygen atoms in total. The summed E-state index contributed by atoms with van der Waals surface area (Å²) in [7, 11) is 0. The van der Waals surface area contributed by atoms with Gasteiger partial charge in [-0.15, -0.1) is 0 Å². The van der Waals surface area contributed by atoms with Gasteiger partial charge in [0.15, 0.2) is 0 Å². The molecule has 1 aliphatic rings. The summed E-state index contributed by atoms with van der Waals surface area (Å²) in [5.74, 6) is 0. The van der Waals surface area contributed by atoms with Crippen molar-refractivity contribution in [3.8, 4) is 0 Å². The van der Waals surface area contributed by atoms with Crippen LogP contribution in [0.3, 0.4) is 0 Å². The highest BCUT2D eigenvalue weighted by atomic mass is 79.9. The van der Waals surface area contributed by atoms with Gasteiger partial charge in [-0.25, -0.2) is 0 Å². The Hall–Kier alpha value is -0.0900. The van der Waals surface area contributed by atoms with Crippen LogP contribution >= 0.6 is 27.5 Å². The van der Waals surface area contributed by atoms with E-state index in [4.69, 9.17) is 11.6 Å². The average Bonchev–Trinajstić information content (AvgIpc) is 2.35. The fourth-order valence-corrected chi connectivity index (χ4v) is 3.09. The molecule has 1 aliphatic heterocycles. The van der Waals surface area contributed by atoms with E-state index in [1.807, 2.05) is 6.07 Å². The predicted molar refractivity (Wildman–Crippen MR) is 81.1 cm³/mol. The van der Waals surface area contributed by atoms with Gasteiger partial charge in [0.1, 0.15) is 0 Å². The molecule has 0 aliphatic carbocycles. The zero-order valence-electron chi connectivity index (χ0n) is 10.9. The van der Waals surface area contributed by atoms with Gasteiger partial charge < -0.3 is 5.32 Å². The van der Waals surface area contributed by atoms with Crippen molar-refractivity contribution in [3.63, 3.8) is 0 Å². The van der Waals surface area contributed by atoms with Gasteiger partial charge >= 0.3 is 0 Å². The Balaban J connectivity index is 2.07. The van der Waals surface area contributed by atoms with Crippen LogP contribution in [0.5, 0.6) is 0 Å². The minimum absolute atomic E-state index is 0.563. The molecule has 0 aromatic heterocycles. The third-order valence-electron chi connectivity index (χ3n) is 3.66. The van der Waals surface area contributed by atoms with Crippen molar-refractivity contribution in [1.82, 2.24) is 10.2 Å². The van der Waals surface area contributed by atoms with Crippen LogP contribution in [0.2, 0.25) is 5.02 Å². The van der Waals surface area contributed by atoms with E-state index in [0.717, 1.165) is 29.1 Å². The van der Waals surface area contributed by atoms with Crippen molar-refractivity contribution in [2.75, 3.05) is 13.1 Å². The summed E-state index contributed by atoms with van der Waals surface area (Å²) < 4.78 is 1.04. The average molecular weight is 332 g/mol. The van der Waals surface area contributed by atoms with Crippen LogP contribution in [0.15, 0.2) is 22.7 Å². The smallest absolute Gasteiger partial charge is 0.0462 e. The van der Waals surface area contributed by atoms with E-state index in [1.54, 1.807) is 0 Å². The Morgan fingerprint density at radius 1 is 1.50 bits per heavy atom. The van der Waals surface area contributed by atoms with Gasteiger partial charge in [-0.1, -0.05) is 40.5 Å². The third kappa shape index (κ3) is 3.47. The van der Waals surface area contributed by atoms with Gasteiger partial charge in [-0.05, 0) is 31.0 Å². The highest BCUT2D eigenvalue weighted by Crippen LogP contribution is 2.24. The molecule has 1 aromatic carbocycles. The number of hydrogen-bond donors (Lipinski definition) is 1. The number of nitrogens with one attached hydrogen (secondary N) is 1. The molecule has 2 atom stereocenters. The summed E-state index contributed by atoms with van der Waals surface area (Å²) in [4.78, 5) is 2.51. The zero-order chi connectivity index (χ0) is 13.1. The zero-order valence-corrected chi connectivity index (χ0v) is 13.3. The van der Waals surface area contributed by atoms with E-state index < -0.39 is 0 Å². The molecule has 100 valence electrons. The summed E-state index contributed by atoms with van der Waals surface area (Å²) in [6, 6.07) is 7.32. The Kier molecular flexibility index (Phi) is 5.07. The summed E-state index contributed by atoms with van der Waals surface area (Å²) in [5.41, 5.74) is 1.21. The summed E-state index contributed by atoms with van der Waals surface area (Å²) in [6.45, 7) is 7.60. The number of nitrogens with zero attached hydrogens (tertiary/aromatic N) is 1. The molecule has 0 amide bonds. The number of rotatable bonds is 3. The molecule has 2 rings (SSSR count). The van der Waals surface area contributed by atoms with Crippen molar-refractivity contribution in [3.05, 3.63) is 33.3 Å². The first-order valence-corrected chi connectivity index (χ1v) is 7.68. The third-order valence-corrected chi connectivity index (χ3v) is 4.51. The van der Waals surface area contributed by atoms with Crippen LogP contribution in [0.25, 0.3) is 0 Å². The summed E-state index contributed by atoms with van der Waals surface area (Å²) in [6.07, 6.45) is 1.18. The quantitative estimate of drug-likeness (QED) is 0.909. The molecule has 2 unspecified atom stereocenters. The second-order valence-electron chi connectivity index (χ2n) is 5.03. The van der Waals surface area contributed by atoms with Crippen LogP contribution in [0.1, 0.15) is 25.8 Å². The number of benzene rings is 1. The van der Waals surface area contributed by atoms with E-state index in [9.17, 15) is 0 Å². The molecule has 1 saturated heterocycles. The maximum absolute atomic E-state index is 6.29. The normalized spacial score (nSPS) is 25.3. The van der Waals surface area contributed by atoms with Crippen molar-refractivity contribution in [1.29, 1.82) is 0 Å². The topological polar surface area (TPSA) is 15.3 Å². The molecule has 1 fully saturated rings. The van der Waals surface area contributed by atoms with E-state index in [2.05, 4.69) is 52.1 Å². The minimum atomic E-state index is 0.563. The lowest BCUT2D eigenvalue weighted by Gasteiger charge is -2.38. The lowest BCUT2D eigenvalue weighted by Crippen LogP contribution is -2.54. The van der Waals surface area contributed by atoms with Gasteiger partial charge in [0, 0.05) is 41.2 Å². The molecule has 0 bridgehead atoms. The lowest BCUT2D eigenvalue weighted by molar-refractivity contribution is 0.131. The minimum Gasteiger partial charge on any atom is -0.311 e. The van der Waals surface area contributed by atoms with Crippen molar-refractivity contribution < 1.29 is 0 Å². The van der Waals surface area contributed by atoms with E-state index in [0.29, 0.717) is 12.1 Å². The lowest BCUT2D eigenvalue weighted by atomic mass is 10.1. The largest absolute Gasteiger partial charge is 0.311 e. The van der Waals surface area contributed by atoms with Gasteiger partial charge in [-0.2, -0.15) is 0 Å². The molecule has 1 heterocycles. The molecule has 18 heavy (non-hydrogen) atoms. The number of halogens is 2. The maximum Gasteiger partial charge on any atom is 0.0462 e. The number of hydrogen-bond acceptors (Lipinski definition) is 2. The van der Waals surface area contributed by atoms with E-state index in [-0.39, 0.29) is 0 Å². The first-order valence-electron chi connectivity index (χ1n) is 6.51. The first kappa shape index (κ1) is 14.3. The molecule has 0 saturated carbocycles. The predicted octanol–water partition coefficient (Wildman–Crippen LogP) is 3.67. The standard InChI is InChI=1S/C14H20BrClN2/c1-3-13-9-18(10(2)7-17-13)8-11-4-5-12(15)6-14(11)16/h4-6,10,13,17H,3,7-9H2,1-2H3. The van der Waals surface area contributed by atoms with Gasteiger partial charge in [0.2, 0.25) is 0 Å². The van der Waals surface area contributed by atoms with Gasteiger partial charge in [0.25, 0.3) is 0 Å². The monoisotopic (exact) mass is 330 g/mol. The highest BCUT2D eigenvalue weighted by molar-refractivity contribution is 9.10. The SMILES string of the molecule is CCC1CN(Cc2ccc(Br)cc2Cl)C(C)CN1. The second kappa shape index (κ2) is 6.38. The van der Waals surface area contributed by atoms with Crippen LogP contribution in [-0.2, 0) is 6.54 Å². The van der Waals surface area contributed by atoms with Gasteiger partial charge in [-0.3, -0.25) is 4.90 Å².